The van der Waals surface area contributed by atoms with Crippen LogP contribution in [0.2, 0.25) is 0 Å². The van der Waals surface area contributed by atoms with Crippen LogP contribution in [0.5, 0.6) is 0 Å². The van der Waals surface area contributed by atoms with Gasteiger partial charge in [-0.3, -0.25) is 9.89 Å². The normalized spacial score (nSPS) is 14.4. The molecule has 1 saturated carbocycles. The molecule has 0 bridgehead atoms. The van der Waals surface area contributed by atoms with Crippen molar-refractivity contribution in [2.75, 3.05) is 4.90 Å². The highest BCUT2D eigenvalue weighted by Gasteiger charge is 2.34. The van der Waals surface area contributed by atoms with Crippen molar-refractivity contribution in [3.8, 4) is 0 Å². The molecule has 0 spiro atoms. The molecule has 1 fully saturated rings. The largest absolute Gasteiger partial charge is 0.326 e. The van der Waals surface area contributed by atoms with Crippen molar-refractivity contribution in [1.82, 2.24) is 10.2 Å². The first-order valence-corrected chi connectivity index (χ1v) is 6.41. The van der Waals surface area contributed by atoms with Gasteiger partial charge >= 0.3 is 0 Å². The zero-order valence-electron chi connectivity index (χ0n) is 10.5. The minimum atomic E-state index is -0.0273. The third-order valence-electron chi connectivity index (χ3n) is 3.31. The second kappa shape index (κ2) is 4.85. The Bertz CT molecular complexity index is 558. The molecular formula is C14H16N4O. The number of carbonyl (C=O) groups excluding carboxylic acids is 1. The van der Waals surface area contributed by atoms with Gasteiger partial charge in [-0.25, -0.2) is 0 Å². The Balaban J connectivity index is 1.90. The van der Waals surface area contributed by atoms with Gasteiger partial charge in [-0.15, -0.1) is 0 Å². The Morgan fingerprint density at radius 3 is 2.58 bits per heavy atom. The molecule has 1 aliphatic rings. The van der Waals surface area contributed by atoms with E-state index in [-0.39, 0.29) is 5.91 Å². The first-order valence-electron chi connectivity index (χ1n) is 6.41. The lowest BCUT2D eigenvalue weighted by atomic mass is 10.2. The van der Waals surface area contributed by atoms with Gasteiger partial charge in [0.2, 0.25) is 0 Å². The number of nitrogens with one attached hydrogen (secondary N) is 1. The Kier molecular flexibility index (Phi) is 3.05. The van der Waals surface area contributed by atoms with E-state index >= 15 is 0 Å². The summed E-state index contributed by atoms with van der Waals surface area (Å²) in [6.45, 7) is 0.512. The van der Waals surface area contributed by atoms with Crippen LogP contribution in [-0.4, -0.2) is 22.1 Å². The summed E-state index contributed by atoms with van der Waals surface area (Å²) in [5.74, 6) is -0.0273. The van der Waals surface area contributed by atoms with Gasteiger partial charge in [0, 0.05) is 24.5 Å². The highest BCUT2D eigenvalue weighted by atomic mass is 16.2. The quantitative estimate of drug-likeness (QED) is 0.873. The number of nitrogens with two attached hydrogens (primary N) is 1. The molecule has 1 heterocycles. The molecule has 19 heavy (non-hydrogen) atoms. The van der Waals surface area contributed by atoms with Gasteiger partial charge in [0.1, 0.15) is 5.69 Å². The van der Waals surface area contributed by atoms with Crippen molar-refractivity contribution in [3.63, 3.8) is 0 Å². The van der Waals surface area contributed by atoms with Crippen molar-refractivity contribution in [2.24, 2.45) is 5.73 Å². The highest BCUT2D eigenvalue weighted by molar-refractivity contribution is 6.05. The fourth-order valence-corrected chi connectivity index (χ4v) is 2.12. The average molecular weight is 256 g/mol. The van der Waals surface area contributed by atoms with E-state index in [9.17, 15) is 4.79 Å². The lowest BCUT2D eigenvalue weighted by Crippen LogP contribution is -2.33. The lowest BCUT2D eigenvalue weighted by Gasteiger charge is -2.22. The van der Waals surface area contributed by atoms with Crippen LogP contribution in [0, 0.1) is 0 Å². The number of amides is 1. The van der Waals surface area contributed by atoms with Crippen molar-refractivity contribution in [2.45, 2.75) is 25.4 Å². The van der Waals surface area contributed by atoms with Gasteiger partial charge in [0.05, 0.1) is 0 Å². The van der Waals surface area contributed by atoms with E-state index in [1.807, 2.05) is 29.2 Å². The van der Waals surface area contributed by atoms with Crippen molar-refractivity contribution in [3.05, 3.63) is 47.8 Å². The summed E-state index contributed by atoms with van der Waals surface area (Å²) in [7, 11) is 0. The maximum Gasteiger partial charge on any atom is 0.276 e. The molecule has 0 radical (unpaired) electrons. The Hall–Kier alpha value is -2.14. The van der Waals surface area contributed by atoms with Crippen LogP contribution in [0.15, 0.2) is 36.5 Å². The molecule has 1 aromatic heterocycles. The molecule has 3 rings (SSSR count). The van der Waals surface area contributed by atoms with Crippen LogP contribution in [0.25, 0.3) is 0 Å². The van der Waals surface area contributed by atoms with Crippen LogP contribution in [-0.2, 0) is 6.54 Å². The van der Waals surface area contributed by atoms with E-state index in [2.05, 4.69) is 10.2 Å². The van der Waals surface area contributed by atoms with Crippen molar-refractivity contribution < 1.29 is 4.79 Å². The SMILES string of the molecule is NCc1ccc(N(C(=O)c2ccn[nH]2)C2CC2)cc1. The second-order valence-electron chi connectivity index (χ2n) is 4.75. The van der Waals surface area contributed by atoms with E-state index < -0.39 is 0 Å². The van der Waals surface area contributed by atoms with Crippen molar-refractivity contribution >= 4 is 11.6 Å². The summed E-state index contributed by atoms with van der Waals surface area (Å²) in [6.07, 6.45) is 3.70. The number of anilines is 1. The number of hydrogen-bond donors (Lipinski definition) is 2. The number of aromatic nitrogens is 2. The van der Waals surface area contributed by atoms with Gasteiger partial charge in [-0.1, -0.05) is 12.1 Å². The molecule has 0 saturated heterocycles. The van der Waals surface area contributed by atoms with Crippen LogP contribution in [0.1, 0.15) is 28.9 Å². The Labute approximate surface area is 111 Å². The van der Waals surface area contributed by atoms with Gasteiger partial charge in [0.25, 0.3) is 5.91 Å². The minimum absolute atomic E-state index is 0.0273. The van der Waals surface area contributed by atoms with Crippen LogP contribution in [0.3, 0.4) is 0 Å². The van der Waals surface area contributed by atoms with Crippen molar-refractivity contribution in [1.29, 1.82) is 0 Å². The van der Waals surface area contributed by atoms with E-state index in [1.54, 1.807) is 12.3 Å². The van der Waals surface area contributed by atoms with Gasteiger partial charge < -0.3 is 10.6 Å². The van der Waals surface area contributed by atoms with Gasteiger partial charge in [0.15, 0.2) is 0 Å². The molecule has 5 heteroatoms. The fourth-order valence-electron chi connectivity index (χ4n) is 2.12. The number of H-pyrrole nitrogens is 1. The zero-order chi connectivity index (χ0) is 13.2. The molecule has 5 nitrogen and oxygen atoms in total. The van der Waals surface area contributed by atoms with E-state index in [0.717, 1.165) is 24.1 Å². The molecule has 0 unspecified atom stereocenters. The third-order valence-corrected chi connectivity index (χ3v) is 3.31. The molecular weight excluding hydrogens is 240 g/mol. The maximum absolute atomic E-state index is 12.5. The van der Waals surface area contributed by atoms with Gasteiger partial charge in [-0.2, -0.15) is 5.10 Å². The molecule has 98 valence electrons. The van der Waals surface area contributed by atoms with E-state index in [0.29, 0.717) is 18.3 Å². The Morgan fingerprint density at radius 2 is 2.05 bits per heavy atom. The topological polar surface area (TPSA) is 75.0 Å². The molecule has 0 atom stereocenters. The molecule has 1 aliphatic carbocycles. The fraction of sp³-hybridized carbons (Fsp3) is 0.286. The monoisotopic (exact) mass is 256 g/mol. The van der Waals surface area contributed by atoms with E-state index in [4.69, 9.17) is 5.73 Å². The standard InChI is InChI=1S/C14H16N4O/c15-9-10-1-3-11(4-2-10)18(12-5-6-12)14(19)13-7-8-16-17-13/h1-4,7-8,12H,5-6,9,15H2,(H,16,17). The lowest BCUT2D eigenvalue weighted by molar-refractivity contribution is 0.0980. The average Bonchev–Trinajstić information content (AvgIpc) is 3.12. The zero-order valence-corrected chi connectivity index (χ0v) is 10.5. The summed E-state index contributed by atoms with van der Waals surface area (Å²) < 4.78 is 0. The summed E-state index contributed by atoms with van der Waals surface area (Å²) >= 11 is 0. The third kappa shape index (κ3) is 2.37. The van der Waals surface area contributed by atoms with Crippen LogP contribution >= 0.6 is 0 Å². The molecule has 1 aromatic carbocycles. The maximum atomic E-state index is 12.5. The minimum Gasteiger partial charge on any atom is -0.326 e. The predicted octanol–water partition coefficient (Wildman–Crippen LogP) is 1.68. The first-order chi connectivity index (χ1) is 9.29. The smallest absolute Gasteiger partial charge is 0.276 e. The summed E-state index contributed by atoms with van der Waals surface area (Å²) in [5, 5.41) is 6.57. The Morgan fingerprint density at radius 1 is 1.32 bits per heavy atom. The number of rotatable bonds is 4. The summed E-state index contributed by atoms with van der Waals surface area (Å²) in [6, 6.07) is 9.84. The highest BCUT2D eigenvalue weighted by Crippen LogP contribution is 2.32. The van der Waals surface area contributed by atoms with Gasteiger partial charge in [-0.05, 0) is 36.6 Å². The second-order valence-corrected chi connectivity index (χ2v) is 4.75. The number of benzene rings is 1. The first kappa shape index (κ1) is 11.9. The summed E-state index contributed by atoms with van der Waals surface area (Å²) in [4.78, 5) is 14.3. The molecule has 2 aromatic rings. The number of aromatic amines is 1. The van der Waals surface area contributed by atoms with E-state index in [1.165, 1.54) is 0 Å². The summed E-state index contributed by atoms with van der Waals surface area (Å²) in [5.41, 5.74) is 8.09. The number of nitrogens with zero attached hydrogens (tertiary/aromatic N) is 2. The number of hydrogen-bond acceptors (Lipinski definition) is 3. The molecule has 1 amide bonds. The molecule has 3 N–H and O–H groups in total. The number of carbonyl (C=O) groups is 1. The predicted molar refractivity (Wildman–Crippen MR) is 72.8 cm³/mol. The molecule has 0 aliphatic heterocycles. The van der Waals surface area contributed by atoms with Crippen LogP contribution < -0.4 is 10.6 Å². The van der Waals surface area contributed by atoms with Crippen LogP contribution in [0.4, 0.5) is 5.69 Å².